The molecule has 3 rings (SSSR count). The molecule has 0 fully saturated rings. The summed E-state index contributed by atoms with van der Waals surface area (Å²) in [5, 5.41) is 5.25. The zero-order valence-electron chi connectivity index (χ0n) is 13.8. The van der Waals surface area contributed by atoms with Crippen LogP contribution in [-0.2, 0) is 0 Å². The summed E-state index contributed by atoms with van der Waals surface area (Å²) < 4.78 is 0. The normalized spacial score (nSPS) is 10.5. The Bertz CT molecular complexity index is 984. The number of hydrogen-bond donors (Lipinski definition) is 3. The van der Waals surface area contributed by atoms with Gasteiger partial charge in [0.2, 0.25) is 0 Å². The number of anilines is 2. The van der Waals surface area contributed by atoms with E-state index in [1.54, 1.807) is 42.5 Å². The van der Waals surface area contributed by atoms with Crippen molar-refractivity contribution in [3.8, 4) is 0 Å². The summed E-state index contributed by atoms with van der Waals surface area (Å²) in [6.07, 6.45) is 0. The van der Waals surface area contributed by atoms with Crippen molar-refractivity contribution < 1.29 is 9.59 Å². The predicted octanol–water partition coefficient (Wildman–Crippen LogP) is 2.99. The number of aryl methyl sites for hydroxylation is 2. The average molecular weight is 335 g/mol. The number of aromatic nitrogens is 2. The summed E-state index contributed by atoms with van der Waals surface area (Å²) in [7, 11) is 0. The number of hydrogen-bond acceptors (Lipinski definition) is 4. The molecular formula is C18H17N5O2. The number of rotatable bonds is 3. The number of carbonyl (C=O) groups is 2. The third-order valence-corrected chi connectivity index (χ3v) is 3.73. The van der Waals surface area contributed by atoms with Crippen LogP contribution in [-0.4, -0.2) is 21.9 Å². The van der Waals surface area contributed by atoms with Gasteiger partial charge in [-0.05, 0) is 50.2 Å². The molecular weight excluding hydrogens is 318 g/mol. The molecule has 3 aromatic rings. The predicted molar refractivity (Wildman–Crippen MR) is 96.6 cm³/mol. The van der Waals surface area contributed by atoms with E-state index in [1.807, 2.05) is 13.8 Å². The van der Waals surface area contributed by atoms with Gasteiger partial charge >= 0.3 is 6.03 Å². The van der Waals surface area contributed by atoms with Gasteiger partial charge in [0, 0.05) is 16.9 Å². The molecule has 1 aromatic heterocycles. The molecule has 0 bridgehead atoms. The fourth-order valence-corrected chi connectivity index (χ4v) is 2.39. The Hall–Kier alpha value is -3.48. The zero-order valence-corrected chi connectivity index (χ0v) is 13.8. The third-order valence-electron chi connectivity index (χ3n) is 3.73. The highest BCUT2D eigenvalue weighted by Crippen LogP contribution is 2.18. The van der Waals surface area contributed by atoms with Gasteiger partial charge in [-0.3, -0.25) is 4.79 Å². The minimum absolute atomic E-state index is 0.279. The maximum atomic E-state index is 12.5. The average Bonchev–Trinajstić information content (AvgIpc) is 2.55. The highest BCUT2D eigenvalue weighted by atomic mass is 16.2. The van der Waals surface area contributed by atoms with E-state index in [4.69, 9.17) is 5.73 Å². The second-order valence-corrected chi connectivity index (χ2v) is 5.62. The number of nitrogens with zero attached hydrogens (tertiary/aromatic N) is 2. The molecule has 7 heteroatoms. The molecule has 0 aliphatic carbocycles. The second-order valence-electron chi connectivity index (χ2n) is 5.62. The lowest BCUT2D eigenvalue weighted by atomic mass is 10.1. The lowest BCUT2D eigenvalue weighted by Gasteiger charge is -2.09. The Kier molecular flexibility index (Phi) is 4.30. The molecule has 0 unspecified atom stereocenters. The summed E-state index contributed by atoms with van der Waals surface area (Å²) in [6.45, 7) is 3.78. The summed E-state index contributed by atoms with van der Waals surface area (Å²) >= 11 is 0. The molecule has 0 atom stereocenters. The first-order valence-electron chi connectivity index (χ1n) is 7.65. The molecule has 0 spiro atoms. The lowest BCUT2D eigenvalue weighted by Crippen LogP contribution is -2.19. The lowest BCUT2D eigenvalue weighted by molar-refractivity contribution is 0.102. The minimum atomic E-state index is -0.665. The first-order chi connectivity index (χ1) is 11.9. The maximum absolute atomic E-state index is 12.5. The molecule has 0 saturated carbocycles. The van der Waals surface area contributed by atoms with Crippen molar-refractivity contribution in [2.75, 3.05) is 10.6 Å². The van der Waals surface area contributed by atoms with Crippen molar-refractivity contribution >= 4 is 34.3 Å². The third kappa shape index (κ3) is 3.72. The van der Waals surface area contributed by atoms with Gasteiger partial charge in [-0.15, -0.1) is 0 Å². The number of amides is 3. The molecule has 1 heterocycles. The van der Waals surface area contributed by atoms with Crippen molar-refractivity contribution in [2.24, 2.45) is 5.73 Å². The maximum Gasteiger partial charge on any atom is 0.316 e. The molecule has 0 aliphatic rings. The Morgan fingerprint density at radius 1 is 0.880 bits per heavy atom. The van der Waals surface area contributed by atoms with Crippen LogP contribution in [0.15, 0.2) is 42.5 Å². The van der Waals surface area contributed by atoms with E-state index in [0.29, 0.717) is 22.5 Å². The smallest absolute Gasteiger partial charge is 0.316 e. The van der Waals surface area contributed by atoms with Crippen molar-refractivity contribution in [3.63, 3.8) is 0 Å². The highest BCUT2D eigenvalue weighted by Gasteiger charge is 2.10. The van der Waals surface area contributed by atoms with Crippen LogP contribution < -0.4 is 16.4 Å². The number of carbonyl (C=O) groups excluding carboxylic acids is 2. The first kappa shape index (κ1) is 16.4. The van der Waals surface area contributed by atoms with E-state index >= 15 is 0 Å². The van der Waals surface area contributed by atoms with Crippen LogP contribution in [0.2, 0.25) is 0 Å². The van der Waals surface area contributed by atoms with Gasteiger partial charge < -0.3 is 16.4 Å². The molecule has 0 radical (unpaired) electrons. The topological polar surface area (TPSA) is 110 Å². The van der Waals surface area contributed by atoms with E-state index in [9.17, 15) is 9.59 Å². The van der Waals surface area contributed by atoms with Crippen LogP contribution >= 0.6 is 0 Å². The van der Waals surface area contributed by atoms with Gasteiger partial charge in [0.1, 0.15) is 0 Å². The second kappa shape index (κ2) is 6.56. The Morgan fingerprint density at radius 2 is 1.52 bits per heavy atom. The van der Waals surface area contributed by atoms with Crippen LogP contribution in [0, 0.1) is 13.8 Å². The summed E-state index contributed by atoms with van der Waals surface area (Å²) in [5.41, 5.74) is 9.71. The molecule has 2 aromatic carbocycles. The summed E-state index contributed by atoms with van der Waals surface area (Å²) in [4.78, 5) is 32.3. The number of nitrogens with one attached hydrogen (secondary N) is 2. The number of urea groups is 1. The van der Waals surface area contributed by atoms with Gasteiger partial charge in [0.05, 0.1) is 22.4 Å². The van der Waals surface area contributed by atoms with Crippen LogP contribution in [0.5, 0.6) is 0 Å². The number of benzene rings is 2. The van der Waals surface area contributed by atoms with Crippen molar-refractivity contribution in [2.45, 2.75) is 13.8 Å². The van der Waals surface area contributed by atoms with Crippen molar-refractivity contribution in [3.05, 3.63) is 59.4 Å². The molecule has 4 N–H and O–H groups in total. The van der Waals surface area contributed by atoms with Gasteiger partial charge in [-0.25, -0.2) is 14.8 Å². The van der Waals surface area contributed by atoms with E-state index in [2.05, 4.69) is 20.6 Å². The van der Waals surface area contributed by atoms with E-state index in [0.717, 1.165) is 16.9 Å². The zero-order chi connectivity index (χ0) is 18.0. The van der Waals surface area contributed by atoms with Crippen molar-refractivity contribution in [1.82, 2.24) is 9.97 Å². The van der Waals surface area contributed by atoms with Crippen LogP contribution in [0.25, 0.3) is 11.0 Å². The van der Waals surface area contributed by atoms with E-state index < -0.39 is 6.03 Å². The molecule has 7 nitrogen and oxygen atoms in total. The van der Waals surface area contributed by atoms with Gasteiger partial charge in [0.15, 0.2) is 0 Å². The molecule has 3 amide bonds. The number of nitrogens with two attached hydrogens (primary N) is 1. The van der Waals surface area contributed by atoms with Crippen molar-refractivity contribution in [1.29, 1.82) is 0 Å². The standard InChI is InChI=1S/C18H17N5O2/c1-10-11(2)21-16-8-12(6-7-15(16)20-10)17(24)22-13-4-3-5-14(9-13)23-18(19)25/h3-9H,1-2H3,(H,22,24)(H3,19,23,25). The molecule has 0 saturated heterocycles. The fraction of sp³-hybridized carbons (Fsp3) is 0.111. The van der Waals surface area contributed by atoms with Gasteiger partial charge in [-0.1, -0.05) is 6.07 Å². The minimum Gasteiger partial charge on any atom is -0.351 e. The van der Waals surface area contributed by atoms with Crippen LogP contribution in [0.4, 0.5) is 16.2 Å². The molecule has 25 heavy (non-hydrogen) atoms. The van der Waals surface area contributed by atoms with Gasteiger partial charge in [-0.2, -0.15) is 0 Å². The number of primary amides is 1. The van der Waals surface area contributed by atoms with E-state index in [-0.39, 0.29) is 5.91 Å². The monoisotopic (exact) mass is 335 g/mol. The first-order valence-corrected chi connectivity index (χ1v) is 7.65. The number of fused-ring (bicyclic) bond motifs is 1. The Labute approximate surface area is 144 Å². The van der Waals surface area contributed by atoms with Crippen LogP contribution in [0.3, 0.4) is 0 Å². The Morgan fingerprint density at radius 3 is 2.20 bits per heavy atom. The van der Waals surface area contributed by atoms with Crippen LogP contribution in [0.1, 0.15) is 21.7 Å². The highest BCUT2D eigenvalue weighted by molar-refractivity contribution is 6.06. The summed E-state index contributed by atoms with van der Waals surface area (Å²) in [6, 6.07) is 11.2. The quantitative estimate of drug-likeness (QED) is 0.683. The largest absolute Gasteiger partial charge is 0.351 e. The molecule has 0 aliphatic heterocycles. The SMILES string of the molecule is Cc1nc2ccc(C(=O)Nc3cccc(NC(N)=O)c3)cc2nc1C. The summed E-state index contributed by atoms with van der Waals surface area (Å²) in [5.74, 6) is -0.279. The fourth-order valence-electron chi connectivity index (χ4n) is 2.39. The Balaban J connectivity index is 1.85. The van der Waals surface area contributed by atoms with E-state index in [1.165, 1.54) is 0 Å². The molecule has 126 valence electrons. The van der Waals surface area contributed by atoms with Gasteiger partial charge in [0.25, 0.3) is 5.91 Å².